The number of methoxy groups -OCH3 is 1. The molecule has 1 aromatic heterocycles. The largest absolute Gasteiger partial charge is 0.497 e. The number of alkyl halides is 3. The second-order valence-electron chi connectivity index (χ2n) is 4.94. The molecule has 0 fully saturated rings. The lowest BCUT2D eigenvalue weighted by Gasteiger charge is -2.05. The van der Waals surface area contributed by atoms with E-state index in [1.807, 2.05) is 12.1 Å². The van der Waals surface area contributed by atoms with Crippen LogP contribution in [0.4, 0.5) is 18.9 Å². The summed E-state index contributed by atoms with van der Waals surface area (Å²) in [6.45, 7) is -1.19. The van der Waals surface area contributed by atoms with Crippen LogP contribution in [-0.2, 0) is 17.8 Å². The third kappa shape index (κ3) is 5.65. The fraction of sp³-hybridized carbons (Fsp3) is 0.333. The Morgan fingerprint density at radius 3 is 2.61 bits per heavy atom. The Balaban J connectivity index is 1.82. The Morgan fingerprint density at radius 2 is 2.00 bits per heavy atom. The van der Waals surface area contributed by atoms with Crippen LogP contribution in [0.15, 0.2) is 36.7 Å². The van der Waals surface area contributed by atoms with E-state index in [0.717, 1.165) is 22.2 Å². The van der Waals surface area contributed by atoms with Crippen molar-refractivity contribution < 1.29 is 22.7 Å². The summed E-state index contributed by atoms with van der Waals surface area (Å²) in [5.41, 5.74) is 1.21. The lowest BCUT2D eigenvalue weighted by atomic mass is 10.1. The second kappa shape index (κ2) is 7.17. The molecule has 0 radical (unpaired) electrons. The van der Waals surface area contributed by atoms with Crippen LogP contribution in [0.1, 0.15) is 12.0 Å². The number of hydrogen-bond acceptors (Lipinski definition) is 3. The number of hydrogen-bond donors (Lipinski definition) is 1. The van der Waals surface area contributed by atoms with Gasteiger partial charge in [-0.15, -0.1) is 0 Å². The molecular formula is C15H16F3N3O2. The maximum absolute atomic E-state index is 12.2. The van der Waals surface area contributed by atoms with Gasteiger partial charge in [0.25, 0.3) is 0 Å². The number of carbonyl (C=O) groups is 1. The highest BCUT2D eigenvalue weighted by Gasteiger charge is 2.28. The number of ether oxygens (including phenoxy) is 1. The summed E-state index contributed by atoms with van der Waals surface area (Å²) in [7, 11) is 1.57. The Labute approximate surface area is 131 Å². The summed E-state index contributed by atoms with van der Waals surface area (Å²) in [5.74, 6) is 0.447. The zero-order chi connectivity index (χ0) is 16.9. The van der Waals surface area contributed by atoms with E-state index in [4.69, 9.17) is 4.74 Å². The standard InChI is InChI=1S/C15H16F3N3O2/c1-23-13-5-2-11(3-6-13)4-7-14(22)20-12-8-19-21(9-12)10-15(16,17)18/h2-3,5-6,8-9H,4,7,10H2,1H3,(H,20,22). The van der Waals surface area contributed by atoms with Gasteiger partial charge in [0.1, 0.15) is 12.3 Å². The monoisotopic (exact) mass is 327 g/mol. The maximum Gasteiger partial charge on any atom is 0.408 e. The fourth-order valence-corrected chi connectivity index (χ4v) is 1.97. The third-order valence-corrected chi connectivity index (χ3v) is 3.06. The summed E-state index contributed by atoms with van der Waals surface area (Å²) in [4.78, 5) is 11.8. The first-order valence-electron chi connectivity index (χ1n) is 6.88. The average molecular weight is 327 g/mol. The first kappa shape index (κ1) is 16.9. The SMILES string of the molecule is COc1ccc(CCC(=O)Nc2cnn(CC(F)(F)F)c2)cc1. The number of anilines is 1. The van der Waals surface area contributed by atoms with Gasteiger partial charge < -0.3 is 10.1 Å². The fourth-order valence-electron chi connectivity index (χ4n) is 1.97. The van der Waals surface area contributed by atoms with Gasteiger partial charge in [0.2, 0.25) is 5.91 Å². The number of rotatable bonds is 6. The van der Waals surface area contributed by atoms with E-state index in [-0.39, 0.29) is 18.0 Å². The molecule has 0 unspecified atom stereocenters. The van der Waals surface area contributed by atoms with Crippen LogP contribution in [0, 0.1) is 0 Å². The first-order valence-corrected chi connectivity index (χ1v) is 6.88. The molecule has 0 aliphatic carbocycles. The number of carbonyl (C=O) groups excluding carboxylic acids is 1. The number of aromatic nitrogens is 2. The van der Waals surface area contributed by atoms with Gasteiger partial charge in [0.15, 0.2) is 0 Å². The van der Waals surface area contributed by atoms with Crippen molar-refractivity contribution in [2.75, 3.05) is 12.4 Å². The number of aryl methyl sites for hydroxylation is 1. The van der Waals surface area contributed by atoms with Crippen LogP contribution < -0.4 is 10.1 Å². The molecule has 0 aliphatic rings. The van der Waals surface area contributed by atoms with Gasteiger partial charge in [-0.25, -0.2) is 0 Å². The summed E-state index contributed by atoms with van der Waals surface area (Å²) >= 11 is 0. The molecule has 1 N–H and O–H groups in total. The van der Waals surface area contributed by atoms with Crippen LogP contribution in [0.2, 0.25) is 0 Å². The summed E-state index contributed by atoms with van der Waals surface area (Å²) < 4.78 is 42.4. The Morgan fingerprint density at radius 1 is 1.30 bits per heavy atom. The number of benzene rings is 1. The van der Waals surface area contributed by atoms with Crippen molar-refractivity contribution in [3.63, 3.8) is 0 Å². The highest BCUT2D eigenvalue weighted by atomic mass is 19.4. The minimum atomic E-state index is -4.35. The minimum absolute atomic E-state index is 0.219. The normalized spacial score (nSPS) is 11.3. The van der Waals surface area contributed by atoms with Crippen LogP contribution in [0.5, 0.6) is 5.75 Å². The van der Waals surface area contributed by atoms with Gasteiger partial charge in [0, 0.05) is 12.6 Å². The molecule has 1 heterocycles. The Kier molecular flexibility index (Phi) is 5.25. The molecule has 1 aromatic carbocycles. The number of halogens is 3. The second-order valence-corrected chi connectivity index (χ2v) is 4.94. The molecule has 8 heteroatoms. The molecule has 1 amide bonds. The molecule has 0 spiro atoms. The molecule has 0 aliphatic heterocycles. The molecule has 5 nitrogen and oxygen atoms in total. The van der Waals surface area contributed by atoms with Crippen LogP contribution in [0.25, 0.3) is 0 Å². The zero-order valence-electron chi connectivity index (χ0n) is 12.4. The quantitative estimate of drug-likeness (QED) is 0.887. The van der Waals surface area contributed by atoms with Crippen LogP contribution in [-0.4, -0.2) is 29.0 Å². The summed E-state index contributed by atoms with van der Waals surface area (Å²) in [6, 6.07) is 7.31. The van der Waals surface area contributed by atoms with Gasteiger partial charge in [-0.3, -0.25) is 9.48 Å². The van der Waals surface area contributed by atoms with Crippen LogP contribution in [0.3, 0.4) is 0 Å². The van der Waals surface area contributed by atoms with E-state index < -0.39 is 12.7 Å². The van der Waals surface area contributed by atoms with Crippen molar-refractivity contribution in [3.05, 3.63) is 42.2 Å². The smallest absolute Gasteiger partial charge is 0.408 e. The van der Waals surface area contributed by atoms with E-state index in [2.05, 4.69) is 10.4 Å². The lowest BCUT2D eigenvalue weighted by Crippen LogP contribution is -2.18. The Bertz CT molecular complexity index is 651. The van der Waals surface area contributed by atoms with Gasteiger partial charge >= 0.3 is 6.18 Å². The molecular weight excluding hydrogens is 311 g/mol. The van der Waals surface area contributed by atoms with E-state index in [9.17, 15) is 18.0 Å². The highest BCUT2D eigenvalue weighted by molar-refractivity contribution is 5.90. The maximum atomic E-state index is 12.2. The minimum Gasteiger partial charge on any atom is -0.497 e. The molecule has 0 saturated heterocycles. The van der Waals surface area contributed by atoms with Crippen molar-refractivity contribution in [1.29, 1.82) is 0 Å². The molecule has 0 bridgehead atoms. The third-order valence-electron chi connectivity index (χ3n) is 3.06. The van der Waals surface area contributed by atoms with Gasteiger partial charge in [0.05, 0.1) is 19.0 Å². The Hall–Kier alpha value is -2.51. The van der Waals surface area contributed by atoms with E-state index in [1.54, 1.807) is 19.2 Å². The van der Waals surface area contributed by atoms with E-state index >= 15 is 0 Å². The van der Waals surface area contributed by atoms with Crippen molar-refractivity contribution >= 4 is 11.6 Å². The number of nitrogens with one attached hydrogen (secondary N) is 1. The van der Waals surface area contributed by atoms with Crippen LogP contribution >= 0.6 is 0 Å². The number of amides is 1. The predicted octanol–water partition coefficient (Wildman–Crippen LogP) is 3.03. The molecule has 0 saturated carbocycles. The first-order chi connectivity index (χ1) is 10.9. The van der Waals surface area contributed by atoms with E-state index in [0.29, 0.717) is 6.42 Å². The van der Waals surface area contributed by atoms with Gasteiger partial charge in [-0.05, 0) is 24.1 Å². The predicted molar refractivity (Wildman–Crippen MR) is 78.2 cm³/mol. The average Bonchev–Trinajstić information content (AvgIpc) is 2.90. The topological polar surface area (TPSA) is 56.1 Å². The summed E-state index contributed by atoms with van der Waals surface area (Å²) in [6.07, 6.45) is -1.26. The highest BCUT2D eigenvalue weighted by Crippen LogP contribution is 2.18. The molecule has 23 heavy (non-hydrogen) atoms. The lowest BCUT2D eigenvalue weighted by molar-refractivity contribution is -0.142. The van der Waals surface area contributed by atoms with Crippen molar-refractivity contribution in [2.45, 2.75) is 25.6 Å². The number of nitrogens with zero attached hydrogens (tertiary/aromatic N) is 2. The van der Waals surface area contributed by atoms with E-state index in [1.165, 1.54) is 6.20 Å². The van der Waals surface area contributed by atoms with Crippen molar-refractivity contribution in [1.82, 2.24) is 9.78 Å². The van der Waals surface area contributed by atoms with Gasteiger partial charge in [-0.2, -0.15) is 18.3 Å². The molecule has 124 valence electrons. The van der Waals surface area contributed by atoms with Crippen molar-refractivity contribution in [2.24, 2.45) is 0 Å². The zero-order valence-corrected chi connectivity index (χ0v) is 12.4. The molecule has 0 atom stereocenters. The van der Waals surface area contributed by atoms with Crippen molar-refractivity contribution in [3.8, 4) is 5.75 Å². The summed E-state index contributed by atoms with van der Waals surface area (Å²) in [5, 5.41) is 6.09. The molecule has 2 aromatic rings. The van der Waals surface area contributed by atoms with Gasteiger partial charge in [-0.1, -0.05) is 12.1 Å². The molecule has 2 rings (SSSR count).